The lowest BCUT2D eigenvalue weighted by atomic mass is 9.95. The molecule has 0 bridgehead atoms. The molecule has 164 valence electrons. The third-order valence-corrected chi connectivity index (χ3v) is 7.56. The van der Waals surface area contributed by atoms with Crippen LogP contribution in [0.3, 0.4) is 0 Å². The summed E-state index contributed by atoms with van der Waals surface area (Å²) in [6, 6.07) is 12.2. The normalized spacial score (nSPS) is 16.6. The molecular weight excluding hydrogens is 441 g/mol. The Morgan fingerprint density at radius 2 is 1.67 bits per heavy atom. The number of likely N-dealkylation sites (N-methyl/N-ethyl adjacent to an activating group) is 1. The Morgan fingerprint density at radius 1 is 1.00 bits per heavy atom. The van der Waals surface area contributed by atoms with Gasteiger partial charge >= 0.3 is 0 Å². The molecule has 3 rings (SSSR count). The predicted molar refractivity (Wildman–Crippen MR) is 125 cm³/mol. The average molecular weight is 470 g/mol. The first-order valence-electron chi connectivity index (χ1n) is 10.2. The van der Waals surface area contributed by atoms with E-state index in [1.807, 2.05) is 31.1 Å². The smallest absolute Gasteiger partial charge is 0.241 e. The van der Waals surface area contributed by atoms with Crippen molar-refractivity contribution in [1.82, 2.24) is 9.62 Å². The minimum atomic E-state index is -3.71. The molecule has 1 aliphatic carbocycles. The van der Waals surface area contributed by atoms with Crippen molar-refractivity contribution in [3.63, 3.8) is 0 Å². The third kappa shape index (κ3) is 6.34. The van der Waals surface area contributed by atoms with Gasteiger partial charge in [-0.05, 0) is 68.9 Å². The van der Waals surface area contributed by atoms with Crippen LogP contribution in [0.2, 0.25) is 10.0 Å². The lowest BCUT2D eigenvalue weighted by molar-refractivity contribution is 0.363. The van der Waals surface area contributed by atoms with Crippen LogP contribution >= 0.6 is 23.2 Å². The molecule has 2 N–H and O–H groups in total. The highest BCUT2D eigenvalue weighted by atomic mass is 35.5. The van der Waals surface area contributed by atoms with Crippen LogP contribution < -0.4 is 10.0 Å². The molecule has 0 aliphatic heterocycles. The lowest BCUT2D eigenvalue weighted by Crippen LogP contribution is -2.35. The largest absolute Gasteiger partial charge is 0.382 e. The molecule has 30 heavy (non-hydrogen) atoms. The fourth-order valence-electron chi connectivity index (χ4n) is 3.77. The van der Waals surface area contributed by atoms with Gasteiger partial charge in [-0.3, -0.25) is 0 Å². The van der Waals surface area contributed by atoms with Crippen LogP contribution in [0.15, 0.2) is 47.4 Å². The number of sulfonamides is 1. The van der Waals surface area contributed by atoms with Gasteiger partial charge in [-0.25, -0.2) is 13.1 Å². The van der Waals surface area contributed by atoms with E-state index < -0.39 is 16.1 Å². The van der Waals surface area contributed by atoms with Crippen molar-refractivity contribution in [3.8, 4) is 0 Å². The zero-order valence-electron chi connectivity index (χ0n) is 17.4. The van der Waals surface area contributed by atoms with Gasteiger partial charge in [0.25, 0.3) is 0 Å². The van der Waals surface area contributed by atoms with Crippen LogP contribution in [0.4, 0.5) is 5.69 Å². The van der Waals surface area contributed by atoms with Crippen molar-refractivity contribution < 1.29 is 8.42 Å². The van der Waals surface area contributed by atoms with Gasteiger partial charge in [-0.15, -0.1) is 0 Å². The minimum absolute atomic E-state index is 0.237. The maximum Gasteiger partial charge on any atom is 0.241 e. The second kappa shape index (κ2) is 10.3. The number of rotatable bonds is 8. The van der Waals surface area contributed by atoms with Crippen molar-refractivity contribution >= 4 is 38.9 Å². The van der Waals surface area contributed by atoms with Gasteiger partial charge in [0.05, 0.1) is 21.0 Å². The van der Waals surface area contributed by atoms with Gasteiger partial charge in [0.2, 0.25) is 10.0 Å². The van der Waals surface area contributed by atoms with E-state index in [9.17, 15) is 8.42 Å². The first-order valence-corrected chi connectivity index (χ1v) is 12.5. The monoisotopic (exact) mass is 469 g/mol. The van der Waals surface area contributed by atoms with E-state index in [-0.39, 0.29) is 4.90 Å². The van der Waals surface area contributed by atoms with Gasteiger partial charge < -0.3 is 10.2 Å². The summed E-state index contributed by atoms with van der Waals surface area (Å²) in [6.45, 7) is 0.485. The fraction of sp³-hybridized carbons (Fsp3) is 0.455. The molecule has 0 spiro atoms. The van der Waals surface area contributed by atoms with Crippen LogP contribution in [-0.2, 0) is 10.0 Å². The summed E-state index contributed by atoms with van der Waals surface area (Å²) in [4.78, 5) is 2.16. The highest BCUT2D eigenvalue weighted by molar-refractivity contribution is 7.89. The molecule has 8 heteroatoms. The van der Waals surface area contributed by atoms with E-state index >= 15 is 0 Å². The summed E-state index contributed by atoms with van der Waals surface area (Å²) in [7, 11) is 0.0802. The Balaban J connectivity index is 1.75. The van der Waals surface area contributed by atoms with E-state index in [1.54, 1.807) is 30.3 Å². The maximum atomic E-state index is 13.0. The van der Waals surface area contributed by atoms with E-state index in [2.05, 4.69) is 10.0 Å². The van der Waals surface area contributed by atoms with E-state index in [4.69, 9.17) is 23.2 Å². The van der Waals surface area contributed by atoms with Crippen molar-refractivity contribution in [3.05, 3.63) is 58.1 Å². The fourth-order valence-corrected chi connectivity index (χ4v) is 5.30. The maximum absolute atomic E-state index is 13.0. The van der Waals surface area contributed by atoms with Crippen LogP contribution in [0.1, 0.15) is 43.7 Å². The molecule has 1 atom stereocenters. The topological polar surface area (TPSA) is 61.4 Å². The number of halogens is 2. The SMILES string of the molecule is CN(C)CC(NS(=O)(=O)c1ccc(NC2CCCCC2)cc1)c1ccc(Cl)c(Cl)c1. The molecule has 0 amide bonds. The number of hydrogen-bond donors (Lipinski definition) is 2. The second-order valence-electron chi connectivity index (χ2n) is 8.11. The zero-order valence-corrected chi connectivity index (χ0v) is 19.7. The predicted octanol–water partition coefficient (Wildman–Crippen LogP) is 5.32. The Bertz CT molecular complexity index is 943. The Morgan fingerprint density at radius 3 is 2.27 bits per heavy atom. The summed E-state index contributed by atoms with van der Waals surface area (Å²) >= 11 is 12.2. The number of nitrogens with zero attached hydrogens (tertiary/aromatic N) is 1. The molecule has 5 nitrogen and oxygen atoms in total. The first kappa shape index (κ1) is 23.4. The highest BCUT2D eigenvalue weighted by Crippen LogP contribution is 2.27. The zero-order chi connectivity index (χ0) is 21.7. The molecule has 1 aliphatic rings. The molecule has 2 aromatic rings. The van der Waals surface area contributed by atoms with E-state index in [0.717, 1.165) is 24.1 Å². The van der Waals surface area contributed by atoms with Crippen molar-refractivity contribution in [1.29, 1.82) is 0 Å². The minimum Gasteiger partial charge on any atom is -0.382 e. The molecule has 2 aromatic carbocycles. The molecule has 1 unspecified atom stereocenters. The standard InChI is InChI=1S/C22H29Cl2N3O2S/c1-27(2)15-22(16-8-13-20(23)21(24)14-16)26-30(28,29)19-11-9-18(10-12-19)25-17-6-4-3-5-7-17/h8-14,17,22,25-26H,3-7,15H2,1-2H3. The summed E-state index contributed by atoms with van der Waals surface area (Å²) in [5.41, 5.74) is 1.72. The number of benzene rings is 2. The molecule has 0 heterocycles. The van der Waals surface area contributed by atoms with Crippen LogP contribution in [0, 0.1) is 0 Å². The van der Waals surface area contributed by atoms with Gasteiger partial charge in [0, 0.05) is 18.3 Å². The van der Waals surface area contributed by atoms with Crippen LogP contribution in [0.25, 0.3) is 0 Å². The van der Waals surface area contributed by atoms with E-state index in [0.29, 0.717) is 22.6 Å². The molecule has 0 aromatic heterocycles. The third-order valence-electron chi connectivity index (χ3n) is 5.33. The molecule has 0 saturated heterocycles. The first-order chi connectivity index (χ1) is 14.2. The Hall–Kier alpha value is -1.31. The van der Waals surface area contributed by atoms with Crippen LogP contribution in [0.5, 0.6) is 0 Å². The molecule has 1 saturated carbocycles. The Labute approximate surface area is 189 Å². The van der Waals surface area contributed by atoms with Gasteiger partial charge in [-0.1, -0.05) is 48.5 Å². The number of hydrogen-bond acceptors (Lipinski definition) is 4. The highest BCUT2D eigenvalue weighted by Gasteiger charge is 2.23. The number of nitrogens with one attached hydrogen (secondary N) is 2. The lowest BCUT2D eigenvalue weighted by Gasteiger charge is -2.24. The van der Waals surface area contributed by atoms with Crippen LogP contribution in [-0.4, -0.2) is 40.0 Å². The molecule has 1 fully saturated rings. The molecule has 0 radical (unpaired) electrons. The summed E-state index contributed by atoms with van der Waals surface area (Å²) in [6.07, 6.45) is 6.12. The van der Waals surface area contributed by atoms with Crippen molar-refractivity contribution in [2.24, 2.45) is 0 Å². The molecular formula is C22H29Cl2N3O2S. The van der Waals surface area contributed by atoms with Gasteiger partial charge in [-0.2, -0.15) is 0 Å². The summed E-state index contributed by atoms with van der Waals surface area (Å²) in [5, 5.41) is 4.35. The second-order valence-corrected chi connectivity index (χ2v) is 10.6. The van der Waals surface area contributed by atoms with Crippen molar-refractivity contribution in [2.45, 2.75) is 49.1 Å². The summed E-state index contributed by atoms with van der Waals surface area (Å²) < 4.78 is 28.9. The van der Waals surface area contributed by atoms with Crippen molar-refractivity contribution in [2.75, 3.05) is 26.0 Å². The Kier molecular flexibility index (Phi) is 8.04. The van der Waals surface area contributed by atoms with Gasteiger partial charge in [0.1, 0.15) is 0 Å². The number of anilines is 1. The van der Waals surface area contributed by atoms with Gasteiger partial charge in [0.15, 0.2) is 0 Å². The summed E-state index contributed by atoms with van der Waals surface area (Å²) in [5.74, 6) is 0. The quantitative estimate of drug-likeness (QED) is 0.548. The van der Waals surface area contributed by atoms with E-state index in [1.165, 1.54) is 19.3 Å². The average Bonchev–Trinajstić information content (AvgIpc) is 2.70.